The number of nitrogens with zero attached hydrogens (tertiary/aromatic N) is 5. The van der Waals surface area contributed by atoms with Gasteiger partial charge in [0.15, 0.2) is 0 Å². The summed E-state index contributed by atoms with van der Waals surface area (Å²) in [6.45, 7) is 3.79. The topological polar surface area (TPSA) is 75.4 Å². The summed E-state index contributed by atoms with van der Waals surface area (Å²) < 4.78 is 1.51. The molecule has 4 rings (SSSR count). The van der Waals surface area contributed by atoms with E-state index in [2.05, 4.69) is 49.5 Å². The second kappa shape index (κ2) is 7.61. The lowest BCUT2D eigenvalue weighted by atomic mass is 9.96. The SMILES string of the molecule is O=C(NCC1CCN(Cc2ccccc2)CC1)c1nc2ncccn2n1. The van der Waals surface area contributed by atoms with Crippen molar-refractivity contribution in [1.82, 2.24) is 29.8 Å². The van der Waals surface area contributed by atoms with Gasteiger partial charge in [-0.15, -0.1) is 5.10 Å². The van der Waals surface area contributed by atoms with Crippen molar-refractivity contribution < 1.29 is 4.79 Å². The first-order valence-corrected chi connectivity index (χ1v) is 9.00. The van der Waals surface area contributed by atoms with E-state index in [0.29, 0.717) is 18.2 Å². The Kier molecular flexibility index (Phi) is 4.88. The smallest absolute Gasteiger partial charge is 0.291 e. The molecule has 1 aromatic carbocycles. The van der Waals surface area contributed by atoms with Gasteiger partial charge in [-0.1, -0.05) is 30.3 Å². The minimum atomic E-state index is -0.234. The van der Waals surface area contributed by atoms with Crippen molar-refractivity contribution in [2.75, 3.05) is 19.6 Å². The minimum absolute atomic E-state index is 0.171. The maximum absolute atomic E-state index is 12.3. The summed E-state index contributed by atoms with van der Waals surface area (Å²) in [6, 6.07) is 12.3. The third-order valence-corrected chi connectivity index (χ3v) is 4.83. The van der Waals surface area contributed by atoms with Gasteiger partial charge < -0.3 is 5.32 Å². The number of hydrogen-bond acceptors (Lipinski definition) is 5. The van der Waals surface area contributed by atoms with Crippen LogP contribution in [0, 0.1) is 5.92 Å². The third kappa shape index (κ3) is 3.88. The molecule has 1 aliphatic heterocycles. The van der Waals surface area contributed by atoms with Crippen molar-refractivity contribution in [1.29, 1.82) is 0 Å². The molecule has 0 radical (unpaired) electrons. The summed E-state index contributed by atoms with van der Waals surface area (Å²) in [4.78, 5) is 23.0. The fraction of sp³-hybridized carbons (Fsp3) is 0.368. The highest BCUT2D eigenvalue weighted by Gasteiger charge is 2.21. The van der Waals surface area contributed by atoms with Gasteiger partial charge in [0.1, 0.15) is 0 Å². The van der Waals surface area contributed by atoms with Gasteiger partial charge in [-0.3, -0.25) is 9.69 Å². The van der Waals surface area contributed by atoms with Crippen LogP contribution in [0.2, 0.25) is 0 Å². The summed E-state index contributed by atoms with van der Waals surface area (Å²) in [5, 5.41) is 7.13. The lowest BCUT2D eigenvalue weighted by molar-refractivity contribution is 0.0925. The highest BCUT2D eigenvalue weighted by atomic mass is 16.2. The van der Waals surface area contributed by atoms with Gasteiger partial charge in [0, 0.05) is 25.5 Å². The minimum Gasteiger partial charge on any atom is -0.349 e. The van der Waals surface area contributed by atoms with E-state index in [4.69, 9.17) is 0 Å². The lowest BCUT2D eigenvalue weighted by Gasteiger charge is -2.32. The first-order valence-electron chi connectivity index (χ1n) is 9.00. The number of fused-ring (bicyclic) bond motifs is 1. The van der Waals surface area contributed by atoms with Crippen LogP contribution in [0.4, 0.5) is 0 Å². The van der Waals surface area contributed by atoms with Crippen LogP contribution in [0.1, 0.15) is 29.0 Å². The van der Waals surface area contributed by atoms with Gasteiger partial charge >= 0.3 is 0 Å². The molecule has 1 saturated heterocycles. The molecule has 1 aliphatic rings. The predicted octanol–water partition coefficient (Wildman–Crippen LogP) is 1.77. The molecule has 26 heavy (non-hydrogen) atoms. The number of piperidine rings is 1. The summed E-state index contributed by atoms with van der Waals surface area (Å²) in [7, 11) is 0. The molecule has 1 N–H and O–H groups in total. The van der Waals surface area contributed by atoms with Crippen LogP contribution >= 0.6 is 0 Å². The number of nitrogens with one attached hydrogen (secondary N) is 1. The molecule has 1 amide bonds. The lowest BCUT2D eigenvalue weighted by Crippen LogP contribution is -2.38. The molecule has 0 saturated carbocycles. The fourth-order valence-corrected chi connectivity index (χ4v) is 3.34. The van der Waals surface area contributed by atoms with Crippen molar-refractivity contribution in [3.8, 4) is 0 Å². The van der Waals surface area contributed by atoms with E-state index >= 15 is 0 Å². The summed E-state index contributed by atoms with van der Waals surface area (Å²) in [6.07, 6.45) is 5.55. The largest absolute Gasteiger partial charge is 0.349 e. The molecule has 3 heterocycles. The Balaban J connectivity index is 1.25. The molecule has 3 aromatic rings. The van der Waals surface area contributed by atoms with E-state index in [-0.39, 0.29) is 11.7 Å². The molecule has 0 unspecified atom stereocenters. The first kappa shape index (κ1) is 16.7. The average molecular weight is 350 g/mol. The standard InChI is InChI=1S/C19H22N6O/c26-18(17-22-19-20-9-4-10-25(19)23-17)21-13-15-7-11-24(12-8-15)14-16-5-2-1-3-6-16/h1-6,9-10,15H,7-8,11-14H2,(H,21,26). The van der Waals surface area contributed by atoms with Gasteiger partial charge in [-0.05, 0) is 43.5 Å². The van der Waals surface area contributed by atoms with Crippen molar-refractivity contribution >= 4 is 11.7 Å². The second-order valence-electron chi connectivity index (χ2n) is 6.71. The Hall–Kier alpha value is -2.80. The Morgan fingerprint density at radius 2 is 1.96 bits per heavy atom. The Labute approximate surface area is 152 Å². The third-order valence-electron chi connectivity index (χ3n) is 4.83. The second-order valence-corrected chi connectivity index (χ2v) is 6.71. The zero-order chi connectivity index (χ0) is 17.8. The number of aromatic nitrogens is 4. The van der Waals surface area contributed by atoms with Gasteiger partial charge in [-0.2, -0.15) is 4.98 Å². The van der Waals surface area contributed by atoms with Crippen LogP contribution in [0.5, 0.6) is 0 Å². The number of rotatable bonds is 5. The molecule has 2 aromatic heterocycles. The number of carbonyl (C=O) groups is 1. The summed E-state index contributed by atoms with van der Waals surface area (Å²) in [5.41, 5.74) is 1.35. The van der Waals surface area contributed by atoms with E-state index in [1.165, 1.54) is 10.1 Å². The van der Waals surface area contributed by atoms with Gasteiger partial charge in [0.05, 0.1) is 0 Å². The number of amides is 1. The first-order chi connectivity index (χ1) is 12.8. The van der Waals surface area contributed by atoms with Crippen LogP contribution in [0.15, 0.2) is 48.8 Å². The van der Waals surface area contributed by atoms with E-state index in [0.717, 1.165) is 32.5 Å². The zero-order valence-electron chi connectivity index (χ0n) is 14.6. The van der Waals surface area contributed by atoms with Crippen LogP contribution in [-0.2, 0) is 6.54 Å². The van der Waals surface area contributed by atoms with Crippen molar-refractivity contribution in [3.05, 3.63) is 60.2 Å². The monoisotopic (exact) mass is 350 g/mol. The van der Waals surface area contributed by atoms with E-state index in [9.17, 15) is 4.79 Å². The zero-order valence-corrected chi connectivity index (χ0v) is 14.6. The molecular formula is C19H22N6O. The summed E-state index contributed by atoms with van der Waals surface area (Å²) >= 11 is 0. The highest BCUT2D eigenvalue weighted by molar-refractivity contribution is 5.90. The quantitative estimate of drug-likeness (QED) is 0.759. The van der Waals surface area contributed by atoms with E-state index in [1.807, 2.05) is 6.07 Å². The van der Waals surface area contributed by atoms with Gasteiger partial charge in [-0.25, -0.2) is 9.50 Å². The van der Waals surface area contributed by atoms with E-state index in [1.54, 1.807) is 18.5 Å². The summed E-state index contributed by atoms with van der Waals surface area (Å²) in [5.74, 6) is 0.875. The molecule has 0 atom stereocenters. The Morgan fingerprint density at radius 3 is 2.73 bits per heavy atom. The molecule has 0 aliphatic carbocycles. The van der Waals surface area contributed by atoms with Gasteiger partial charge in [0.2, 0.25) is 5.82 Å². The Morgan fingerprint density at radius 1 is 1.15 bits per heavy atom. The molecule has 1 fully saturated rings. The normalized spacial score (nSPS) is 16.0. The van der Waals surface area contributed by atoms with Crippen molar-refractivity contribution in [2.24, 2.45) is 5.92 Å². The predicted molar refractivity (Wildman–Crippen MR) is 97.6 cm³/mol. The fourth-order valence-electron chi connectivity index (χ4n) is 3.34. The van der Waals surface area contributed by atoms with Gasteiger partial charge in [0.25, 0.3) is 11.7 Å². The maximum atomic E-state index is 12.3. The molecule has 7 heteroatoms. The molecule has 0 bridgehead atoms. The molecule has 7 nitrogen and oxygen atoms in total. The molecular weight excluding hydrogens is 328 g/mol. The van der Waals surface area contributed by atoms with Crippen LogP contribution in [0.3, 0.4) is 0 Å². The number of carbonyl (C=O) groups excluding carboxylic acids is 1. The number of benzene rings is 1. The maximum Gasteiger partial charge on any atom is 0.291 e. The van der Waals surface area contributed by atoms with Crippen LogP contribution < -0.4 is 5.32 Å². The average Bonchev–Trinajstić information content (AvgIpc) is 3.12. The number of hydrogen-bond donors (Lipinski definition) is 1. The van der Waals surface area contributed by atoms with Crippen LogP contribution in [-0.4, -0.2) is 50.0 Å². The molecule has 0 spiro atoms. The van der Waals surface area contributed by atoms with Crippen molar-refractivity contribution in [2.45, 2.75) is 19.4 Å². The van der Waals surface area contributed by atoms with Crippen molar-refractivity contribution in [3.63, 3.8) is 0 Å². The number of likely N-dealkylation sites (tertiary alicyclic amines) is 1. The molecule has 134 valence electrons. The van der Waals surface area contributed by atoms with E-state index < -0.39 is 0 Å². The van der Waals surface area contributed by atoms with Crippen LogP contribution in [0.25, 0.3) is 5.78 Å². The Bertz CT molecular complexity index is 837. The highest BCUT2D eigenvalue weighted by Crippen LogP contribution is 2.18.